The van der Waals surface area contributed by atoms with Gasteiger partial charge in [0, 0.05) is 15.5 Å². The van der Waals surface area contributed by atoms with Crippen LogP contribution in [-0.2, 0) is 4.79 Å². The van der Waals surface area contributed by atoms with Crippen LogP contribution in [0.25, 0.3) is 11.0 Å². The first-order chi connectivity index (χ1) is 16.4. The largest absolute Gasteiger partial charge is 0.503 e. The maximum absolute atomic E-state index is 13.7. The summed E-state index contributed by atoms with van der Waals surface area (Å²) in [6.07, 6.45) is 0. The van der Waals surface area contributed by atoms with E-state index in [9.17, 15) is 14.7 Å². The van der Waals surface area contributed by atoms with Gasteiger partial charge in [0.2, 0.25) is 5.78 Å². The van der Waals surface area contributed by atoms with Crippen LogP contribution in [0.4, 0.5) is 5.69 Å². The van der Waals surface area contributed by atoms with Crippen molar-refractivity contribution in [3.63, 3.8) is 0 Å². The fraction of sp³-hybridized carbons (Fsp3) is 0.111. The number of hydrogen-bond acceptors (Lipinski definition) is 5. The summed E-state index contributed by atoms with van der Waals surface area (Å²) in [6.45, 7) is 1.91. The fourth-order valence-corrected chi connectivity index (χ4v) is 4.65. The van der Waals surface area contributed by atoms with Crippen LogP contribution in [0, 0.1) is 6.92 Å². The van der Waals surface area contributed by atoms with Gasteiger partial charge in [-0.05, 0) is 66.6 Å². The number of benzene rings is 3. The molecule has 170 valence electrons. The van der Waals surface area contributed by atoms with E-state index < -0.39 is 23.5 Å². The molecule has 1 aliphatic rings. The molecule has 0 fully saturated rings. The molecule has 34 heavy (non-hydrogen) atoms. The molecule has 0 spiro atoms. The highest BCUT2D eigenvalue weighted by Crippen LogP contribution is 2.43. The predicted molar refractivity (Wildman–Crippen MR) is 132 cm³/mol. The number of rotatable bonds is 5. The molecule has 0 bridgehead atoms. The molecule has 6 nitrogen and oxygen atoms in total. The molecule has 1 amide bonds. The topological polar surface area (TPSA) is 80.0 Å². The van der Waals surface area contributed by atoms with Crippen LogP contribution in [0.3, 0.4) is 0 Å². The molecule has 0 radical (unpaired) electrons. The molecule has 4 aromatic rings. The first-order valence-corrected chi connectivity index (χ1v) is 11.4. The Morgan fingerprint density at radius 3 is 2.62 bits per heavy atom. The second-order valence-electron chi connectivity index (χ2n) is 8.08. The molecular formula is C27H20BrNO5. The number of nitrogens with zero attached hydrogens (tertiary/aromatic N) is 1. The van der Waals surface area contributed by atoms with Crippen LogP contribution >= 0.6 is 15.9 Å². The number of ketones is 1. The lowest BCUT2D eigenvalue weighted by Gasteiger charge is -2.27. The third-order valence-electron chi connectivity index (χ3n) is 5.84. The fourth-order valence-electron chi connectivity index (χ4n) is 4.27. The first-order valence-electron chi connectivity index (χ1n) is 10.6. The number of carbonyl (C=O) groups excluding carboxylic acids is 2. The van der Waals surface area contributed by atoms with E-state index in [1.165, 1.54) is 4.90 Å². The zero-order chi connectivity index (χ0) is 24.0. The summed E-state index contributed by atoms with van der Waals surface area (Å²) < 4.78 is 12.0. The predicted octanol–water partition coefficient (Wildman–Crippen LogP) is 6.30. The molecule has 1 N–H and O–H groups in total. The minimum atomic E-state index is -0.864. The lowest BCUT2D eigenvalue weighted by Crippen LogP contribution is -2.31. The average molecular weight is 518 g/mol. The van der Waals surface area contributed by atoms with E-state index in [4.69, 9.17) is 9.15 Å². The van der Waals surface area contributed by atoms with Crippen LogP contribution in [0.15, 0.2) is 93.0 Å². The van der Waals surface area contributed by atoms with Crippen molar-refractivity contribution >= 4 is 44.3 Å². The number of aliphatic hydroxyl groups excluding tert-OH is 1. The van der Waals surface area contributed by atoms with Crippen LogP contribution in [0.1, 0.15) is 27.7 Å². The number of aliphatic hydroxyl groups is 1. The van der Waals surface area contributed by atoms with Gasteiger partial charge in [0.15, 0.2) is 11.5 Å². The number of fused-ring (bicyclic) bond motifs is 1. The van der Waals surface area contributed by atoms with E-state index >= 15 is 0 Å². The smallest absolute Gasteiger partial charge is 0.294 e. The van der Waals surface area contributed by atoms with Gasteiger partial charge in [0.1, 0.15) is 11.3 Å². The number of halogens is 1. The van der Waals surface area contributed by atoms with Gasteiger partial charge in [-0.25, -0.2) is 0 Å². The highest BCUT2D eigenvalue weighted by Gasteiger charge is 2.45. The molecule has 1 atom stereocenters. The van der Waals surface area contributed by atoms with Gasteiger partial charge in [-0.15, -0.1) is 0 Å². The van der Waals surface area contributed by atoms with Gasteiger partial charge in [-0.1, -0.05) is 40.2 Å². The number of methoxy groups -OCH3 is 1. The quantitative estimate of drug-likeness (QED) is 0.314. The third-order valence-corrected chi connectivity index (χ3v) is 6.34. The summed E-state index contributed by atoms with van der Waals surface area (Å²) in [7, 11) is 1.54. The maximum Gasteiger partial charge on any atom is 0.294 e. The van der Waals surface area contributed by atoms with Gasteiger partial charge >= 0.3 is 0 Å². The minimum absolute atomic E-state index is 0.0430. The Labute approximate surface area is 204 Å². The Morgan fingerprint density at radius 2 is 1.85 bits per heavy atom. The van der Waals surface area contributed by atoms with Crippen LogP contribution in [0.5, 0.6) is 5.75 Å². The van der Waals surface area contributed by atoms with Crippen molar-refractivity contribution < 1.29 is 23.8 Å². The number of hydrogen-bond donors (Lipinski definition) is 1. The molecule has 0 saturated carbocycles. The number of ether oxygens (including phenoxy) is 1. The molecule has 1 aromatic heterocycles. The van der Waals surface area contributed by atoms with E-state index in [-0.39, 0.29) is 11.3 Å². The summed E-state index contributed by atoms with van der Waals surface area (Å²) >= 11 is 3.42. The molecule has 0 saturated heterocycles. The highest BCUT2D eigenvalue weighted by molar-refractivity contribution is 9.10. The van der Waals surface area contributed by atoms with Crippen LogP contribution in [0.2, 0.25) is 0 Å². The number of carbonyl (C=O) groups is 2. The van der Waals surface area contributed by atoms with E-state index in [2.05, 4.69) is 15.9 Å². The molecule has 7 heteroatoms. The summed E-state index contributed by atoms with van der Waals surface area (Å²) in [5.41, 5.74) is 2.63. The summed E-state index contributed by atoms with van der Waals surface area (Å²) in [6, 6.07) is 20.6. The molecule has 3 aromatic carbocycles. The van der Waals surface area contributed by atoms with Gasteiger partial charge < -0.3 is 14.3 Å². The molecule has 5 rings (SSSR count). The minimum Gasteiger partial charge on any atom is -0.503 e. The monoisotopic (exact) mass is 517 g/mol. The zero-order valence-electron chi connectivity index (χ0n) is 18.4. The highest BCUT2D eigenvalue weighted by atomic mass is 79.9. The Kier molecular flexibility index (Phi) is 5.49. The van der Waals surface area contributed by atoms with E-state index in [1.807, 2.05) is 37.3 Å². The standard InChI is InChI=1S/C27H20BrNO5/c1-15-5-3-7-19(11-15)29-24(16-6-4-8-20(13-16)33-2)23(26(31)27(29)32)25(30)22-14-17-12-18(28)9-10-21(17)34-22/h3-14,24,31H,1-2H3. The number of Topliss-reactive ketones (excluding diaryl/α,β-unsaturated/α-hetero) is 1. The van der Waals surface area contributed by atoms with Crippen molar-refractivity contribution in [3.8, 4) is 5.75 Å². The van der Waals surface area contributed by atoms with Gasteiger partial charge in [0.25, 0.3) is 5.91 Å². The number of furan rings is 1. The van der Waals surface area contributed by atoms with Crippen molar-refractivity contribution in [1.29, 1.82) is 0 Å². The van der Waals surface area contributed by atoms with Crippen molar-refractivity contribution in [3.05, 3.63) is 105 Å². The molecule has 0 aliphatic carbocycles. The van der Waals surface area contributed by atoms with Gasteiger partial charge in [0.05, 0.1) is 18.7 Å². The lowest BCUT2D eigenvalue weighted by molar-refractivity contribution is -0.117. The van der Waals surface area contributed by atoms with E-state index in [0.717, 1.165) is 15.4 Å². The van der Waals surface area contributed by atoms with E-state index in [1.54, 1.807) is 49.6 Å². The first kappa shape index (κ1) is 22.0. The summed E-state index contributed by atoms with van der Waals surface area (Å²) in [5, 5.41) is 11.7. The number of aryl methyl sites for hydroxylation is 1. The molecule has 1 unspecified atom stereocenters. The van der Waals surface area contributed by atoms with Crippen molar-refractivity contribution in [1.82, 2.24) is 0 Å². The number of amides is 1. The Bertz CT molecular complexity index is 1490. The molecule has 1 aliphatic heterocycles. The van der Waals surface area contributed by atoms with Crippen LogP contribution in [-0.4, -0.2) is 23.9 Å². The second kappa shape index (κ2) is 8.50. The summed E-state index contributed by atoms with van der Waals surface area (Å²) in [4.78, 5) is 28.5. The van der Waals surface area contributed by atoms with Crippen molar-refractivity contribution in [2.75, 3.05) is 12.0 Å². The van der Waals surface area contributed by atoms with E-state index in [0.29, 0.717) is 22.6 Å². The Morgan fingerprint density at radius 1 is 1.06 bits per heavy atom. The normalized spacial score (nSPS) is 15.9. The van der Waals surface area contributed by atoms with Gasteiger partial charge in [-0.3, -0.25) is 14.5 Å². The number of anilines is 1. The third kappa shape index (κ3) is 3.68. The Balaban J connectivity index is 1.67. The summed E-state index contributed by atoms with van der Waals surface area (Å²) in [5.74, 6) is -1.19. The Hall–Kier alpha value is -3.84. The maximum atomic E-state index is 13.7. The molecule has 2 heterocycles. The molecular weight excluding hydrogens is 498 g/mol. The average Bonchev–Trinajstić information content (AvgIpc) is 3.37. The SMILES string of the molecule is COc1cccc(C2C(C(=O)c3cc4cc(Br)ccc4o3)=C(O)C(=O)N2c2cccc(C)c2)c1. The second-order valence-corrected chi connectivity index (χ2v) is 8.99. The lowest BCUT2D eigenvalue weighted by atomic mass is 9.94. The van der Waals surface area contributed by atoms with Gasteiger partial charge in [-0.2, -0.15) is 0 Å². The van der Waals surface area contributed by atoms with Crippen molar-refractivity contribution in [2.45, 2.75) is 13.0 Å². The van der Waals surface area contributed by atoms with Crippen LogP contribution < -0.4 is 9.64 Å². The zero-order valence-corrected chi connectivity index (χ0v) is 20.0. The van der Waals surface area contributed by atoms with Crippen molar-refractivity contribution in [2.24, 2.45) is 0 Å².